The van der Waals surface area contributed by atoms with Gasteiger partial charge in [0.1, 0.15) is 6.04 Å². The summed E-state index contributed by atoms with van der Waals surface area (Å²) in [4.78, 5) is 13.5. The van der Waals surface area contributed by atoms with Gasteiger partial charge in [-0.15, -0.1) is 0 Å². The Morgan fingerprint density at radius 1 is 1.42 bits per heavy atom. The number of carbonyl (C=O) groups is 1. The number of morpholine rings is 1. The fraction of sp³-hybridized carbons (Fsp3) is 0.938. The van der Waals surface area contributed by atoms with Gasteiger partial charge in [-0.2, -0.15) is 13.2 Å². The van der Waals surface area contributed by atoms with Crippen molar-refractivity contribution in [1.29, 1.82) is 0 Å². The van der Waals surface area contributed by atoms with Crippen LogP contribution in [0, 0.1) is 5.41 Å². The van der Waals surface area contributed by atoms with Gasteiger partial charge in [-0.3, -0.25) is 9.69 Å². The number of alkyl halides is 3. The summed E-state index contributed by atoms with van der Waals surface area (Å²) in [6.45, 7) is 3.01. The molecule has 1 heterocycles. The average molecular weight is 352 g/mol. The highest BCUT2D eigenvalue weighted by Gasteiger charge is 2.40. The molecule has 0 aromatic carbocycles. The minimum Gasteiger partial charge on any atom is -0.382 e. The monoisotopic (exact) mass is 352 g/mol. The maximum atomic E-state index is 12.7. The van der Waals surface area contributed by atoms with E-state index in [9.17, 15) is 18.0 Å². The zero-order chi connectivity index (χ0) is 17.6. The number of rotatable bonds is 8. The second-order valence-corrected chi connectivity index (χ2v) is 6.69. The second-order valence-electron chi connectivity index (χ2n) is 6.69. The van der Waals surface area contributed by atoms with E-state index in [-0.39, 0.29) is 31.1 Å². The van der Waals surface area contributed by atoms with Gasteiger partial charge in [0.15, 0.2) is 0 Å². The molecule has 0 radical (unpaired) electrons. The van der Waals surface area contributed by atoms with Crippen molar-refractivity contribution in [3.63, 3.8) is 0 Å². The molecule has 1 saturated carbocycles. The summed E-state index contributed by atoms with van der Waals surface area (Å²) >= 11 is 0. The van der Waals surface area contributed by atoms with Crippen LogP contribution in [0.25, 0.3) is 0 Å². The Balaban J connectivity index is 1.85. The molecule has 0 spiro atoms. The van der Waals surface area contributed by atoms with Crippen molar-refractivity contribution in [2.45, 2.75) is 44.8 Å². The van der Waals surface area contributed by atoms with Gasteiger partial charge in [0.05, 0.1) is 19.8 Å². The van der Waals surface area contributed by atoms with Crippen LogP contribution in [0.5, 0.6) is 0 Å². The Morgan fingerprint density at radius 3 is 2.75 bits per heavy atom. The van der Waals surface area contributed by atoms with Crippen molar-refractivity contribution in [2.24, 2.45) is 5.41 Å². The van der Waals surface area contributed by atoms with Gasteiger partial charge in [0.2, 0.25) is 5.91 Å². The molecular weight excluding hydrogens is 325 g/mol. The topological polar surface area (TPSA) is 50.8 Å². The number of hydrogen-bond donors (Lipinski definition) is 1. The first kappa shape index (κ1) is 19.5. The van der Waals surface area contributed by atoms with Gasteiger partial charge in [-0.05, 0) is 31.6 Å². The Morgan fingerprint density at radius 2 is 2.17 bits per heavy atom. The van der Waals surface area contributed by atoms with Gasteiger partial charge in [-0.1, -0.05) is 6.42 Å². The van der Waals surface area contributed by atoms with E-state index in [4.69, 9.17) is 9.47 Å². The third kappa shape index (κ3) is 5.60. The SMILES string of the molecule is CCOCCC1(CNC(=O)C2COCCN2CC(F)(F)F)CCC1. The van der Waals surface area contributed by atoms with Crippen molar-refractivity contribution >= 4 is 5.91 Å². The Bertz CT molecular complexity index is 414. The minimum absolute atomic E-state index is 0.00780. The van der Waals surface area contributed by atoms with Gasteiger partial charge in [0.25, 0.3) is 0 Å². The zero-order valence-corrected chi connectivity index (χ0v) is 14.2. The lowest BCUT2D eigenvalue weighted by molar-refractivity contribution is -0.167. The Labute approximate surface area is 140 Å². The zero-order valence-electron chi connectivity index (χ0n) is 14.2. The smallest absolute Gasteiger partial charge is 0.382 e. The number of ether oxygens (including phenoxy) is 2. The van der Waals surface area contributed by atoms with Crippen LogP contribution in [-0.2, 0) is 14.3 Å². The molecule has 1 unspecified atom stereocenters. The van der Waals surface area contributed by atoms with Gasteiger partial charge in [0, 0.05) is 26.3 Å². The highest BCUT2D eigenvalue weighted by molar-refractivity contribution is 5.82. The van der Waals surface area contributed by atoms with Crippen LogP contribution in [0.4, 0.5) is 13.2 Å². The molecule has 1 aliphatic heterocycles. The third-order valence-electron chi connectivity index (χ3n) is 4.96. The predicted molar refractivity (Wildman–Crippen MR) is 82.6 cm³/mol. The number of halogens is 3. The van der Waals surface area contributed by atoms with Gasteiger partial charge < -0.3 is 14.8 Å². The fourth-order valence-electron chi connectivity index (χ4n) is 3.32. The molecule has 1 N–H and O–H groups in total. The predicted octanol–water partition coefficient (Wildman–Crippen LogP) is 1.96. The number of amides is 1. The summed E-state index contributed by atoms with van der Waals surface area (Å²) in [6.07, 6.45) is -0.284. The molecule has 2 fully saturated rings. The summed E-state index contributed by atoms with van der Waals surface area (Å²) in [5.74, 6) is -0.373. The minimum atomic E-state index is -4.32. The lowest BCUT2D eigenvalue weighted by atomic mass is 9.66. The molecule has 5 nitrogen and oxygen atoms in total. The summed E-state index contributed by atoms with van der Waals surface area (Å²) < 4.78 is 48.6. The highest BCUT2D eigenvalue weighted by Crippen LogP contribution is 2.43. The van der Waals surface area contributed by atoms with E-state index in [1.54, 1.807) is 0 Å². The Hall–Kier alpha value is -0.860. The average Bonchev–Trinajstić information content (AvgIpc) is 2.48. The molecule has 1 saturated heterocycles. The van der Waals surface area contributed by atoms with Crippen LogP contribution < -0.4 is 5.32 Å². The van der Waals surface area contributed by atoms with Crippen LogP contribution in [-0.4, -0.2) is 69.1 Å². The molecule has 0 aromatic rings. The second kappa shape index (κ2) is 8.49. The molecule has 0 aromatic heterocycles. The van der Waals surface area contributed by atoms with Gasteiger partial charge in [-0.25, -0.2) is 0 Å². The Kier molecular flexibility index (Phi) is 6.88. The molecule has 1 aliphatic carbocycles. The normalized spacial score (nSPS) is 24.4. The van der Waals surface area contributed by atoms with Crippen LogP contribution in [0.15, 0.2) is 0 Å². The van der Waals surface area contributed by atoms with Crippen molar-refractivity contribution in [1.82, 2.24) is 10.2 Å². The van der Waals surface area contributed by atoms with Crippen LogP contribution in [0.3, 0.4) is 0 Å². The van der Waals surface area contributed by atoms with E-state index >= 15 is 0 Å². The molecule has 8 heteroatoms. The largest absolute Gasteiger partial charge is 0.401 e. The molecule has 1 amide bonds. The quantitative estimate of drug-likeness (QED) is 0.679. The number of nitrogens with one attached hydrogen (secondary N) is 1. The number of nitrogens with zero attached hydrogens (tertiary/aromatic N) is 1. The first-order valence-corrected chi connectivity index (χ1v) is 8.59. The van der Waals surface area contributed by atoms with E-state index in [0.29, 0.717) is 19.8 Å². The molecular formula is C16H27F3N2O3. The lowest BCUT2D eigenvalue weighted by Gasteiger charge is -2.43. The standard InChI is InChI=1S/C16H27F3N2O3/c1-2-23-8-6-15(4-3-5-15)11-20-14(22)13-10-24-9-7-21(13)12-16(17,18)19/h13H,2-12H2,1H3,(H,20,22). The van der Waals surface area contributed by atoms with Crippen molar-refractivity contribution in [3.8, 4) is 0 Å². The third-order valence-corrected chi connectivity index (χ3v) is 4.96. The molecule has 0 bridgehead atoms. The van der Waals surface area contributed by atoms with Crippen LogP contribution in [0.1, 0.15) is 32.6 Å². The summed E-state index contributed by atoms with van der Waals surface area (Å²) in [5.41, 5.74) is 0.0369. The maximum Gasteiger partial charge on any atom is 0.401 e. The summed E-state index contributed by atoms with van der Waals surface area (Å²) in [7, 11) is 0. The van der Waals surface area contributed by atoms with Gasteiger partial charge >= 0.3 is 6.18 Å². The maximum absolute atomic E-state index is 12.7. The molecule has 2 rings (SSSR count). The van der Waals surface area contributed by atoms with E-state index < -0.39 is 18.8 Å². The molecule has 1 atom stereocenters. The van der Waals surface area contributed by atoms with E-state index in [1.807, 2.05) is 6.92 Å². The molecule has 140 valence electrons. The highest BCUT2D eigenvalue weighted by atomic mass is 19.4. The summed E-state index contributed by atoms with van der Waals surface area (Å²) in [6, 6.07) is -0.871. The lowest BCUT2D eigenvalue weighted by Crippen LogP contribution is -2.57. The van der Waals surface area contributed by atoms with Crippen LogP contribution >= 0.6 is 0 Å². The first-order chi connectivity index (χ1) is 11.4. The molecule has 24 heavy (non-hydrogen) atoms. The summed E-state index contributed by atoms with van der Waals surface area (Å²) in [5, 5.41) is 2.85. The van der Waals surface area contributed by atoms with E-state index in [2.05, 4.69) is 5.32 Å². The van der Waals surface area contributed by atoms with E-state index in [1.165, 1.54) is 0 Å². The first-order valence-electron chi connectivity index (χ1n) is 8.59. The number of hydrogen-bond acceptors (Lipinski definition) is 4. The van der Waals surface area contributed by atoms with Crippen molar-refractivity contribution < 1.29 is 27.4 Å². The number of carbonyl (C=O) groups excluding carboxylic acids is 1. The molecule has 2 aliphatic rings. The fourth-order valence-corrected chi connectivity index (χ4v) is 3.32. The van der Waals surface area contributed by atoms with E-state index in [0.717, 1.165) is 30.6 Å². The van der Waals surface area contributed by atoms with Crippen LogP contribution in [0.2, 0.25) is 0 Å². The van der Waals surface area contributed by atoms with Crippen molar-refractivity contribution in [2.75, 3.05) is 46.1 Å². The van der Waals surface area contributed by atoms with Crippen molar-refractivity contribution in [3.05, 3.63) is 0 Å².